The number of nitrogens with one attached hydrogen (secondary N) is 1. The minimum Gasteiger partial charge on any atom is -0.324 e. The molecular formula is C21H21N5. The average molecular weight is 343 g/mol. The highest BCUT2D eigenvalue weighted by Gasteiger charge is 2.18. The number of aromatic nitrogens is 2. The lowest BCUT2D eigenvalue weighted by Crippen LogP contribution is -2.29. The molecule has 0 amide bonds. The summed E-state index contributed by atoms with van der Waals surface area (Å²) in [7, 11) is 2.19. The minimum atomic E-state index is 0.572. The molecule has 3 aromatic rings. The summed E-state index contributed by atoms with van der Waals surface area (Å²) in [5.41, 5.74) is 3.83. The molecule has 5 heteroatoms. The summed E-state index contributed by atoms with van der Waals surface area (Å²) in [5, 5.41) is 13.2. The molecule has 26 heavy (non-hydrogen) atoms. The first-order chi connectivity index (χ1) is 12.7. The van der Waals surface area contributed by atoms with Gasteiger partial charge in [-0.3, -0.25) is 0 Å². The van der Waals surface area contributed by atoms with Crippen molar-refractivity contribution in [3.05, 3.63) is 59.8 Å². The Morgan fingerprint density at radius 2 is 2.00 bits per heavy atom. The van der Waals surface area contributed by atoms with E-state index in [0.717, 1.165) is 29.7 Å². The summed E-state index contributed by atoms with van der Waals surface area (Å²) < 4.78 is 0. The molecule has 1 fully saturated rings. The van der Waals surface area contributed by atoms with Crippen LogP contribution in [0.15, 0.2) is 48.7 Å². The van der Waals surface area contributed by atoms with Gasteiger partial charge < -0.3 is 10.2 Å². The number of benzene rings is 2. The van der Waals surface area contributed by atoms with E-state index in [-0.39, 0.29) is 0 Å². The molecule has 0 atom stereocenters. The van der Waals surface area contributed by atoms with E-state index in [0.29, 0.717) is 17.4 Å². The zero-order chi connectivity index (χ0) is 17.9. The van der Waals surface area contributed by atoms with E-state index in [1.165, 1.54) is 18.4 Å². The standard InChI is InChI=1S/C21H21N5/c1-26-9-7-16(8-10-26)17-3-2-4-19(12-17)24-21-23-14-18-11-15(13-22)5-6-20(18)25-21/h2-6,11-12,14,16H,7-10H2,1H3,(H,23,24,25). The molecule has 1 aromatic heterocycles. The second-order valence-electron chi connectivity index (χ2n) is 6.91. The molecule has 130 valence electrons. The largest absolute Gasteiger partial charge is 0.324 e. The third kappa shape index (κ3) is 3.51. The molecular weight excluding hydrogens is 322 g/mol. The predicted octanol–water partition coefficient (Wildman–Crippen LogP) is 4.05. The molecule has 1 aliphatic rings. The van der Waals surface area contributed by atoms with Gasteiger partial charge in [-0.2, -0.15) is 5.26 Å². The van der Waals surface area contributed by atoms with E-state index in [9.17, 15) is 0 Å². The van der Waals surface area contributed by atoms with Crippen molar-refractivity contribution in [1.29, 1.82) is 5.26 Å². The van der Waals surface area contributed by atoms with Crippen molar-refractivity contribution in [3.8, 4) is 6.07 Å². The van der Waals surface area contributed by atoms with Crippen molar-refractivity contribution in [1.82, 2.24) is 14.9 Å². The Labute approximate surface area is 153 Å². The fraction of sp³-hybridized carbons (Fsp3) is 0.286. The lowest BCUT2D eigenvalue weighted by Gasteiger charge is -2.29. The Morgan fingerprint density at radius 3 is 2.81 bits per heavy atom. The molecule has 0 radical (unpaired) electrons. The number of nitrogens with zero attached hydrogens (tertiary/aromatic N) is 4. The molecule has 0 aliphatic carbocycles. The zero-order valence-electron chi connectivity index (χ0n) is 14.8. The molecule has 0 saturated carbocycles. The van der Waals surface area contributed by atoms with Crippen molar-refractivity contribution in [2.75, 3.05) is 25.5 Å². The highest BCUT2D eigenvalue weighted by Crippen LogP contribution is 2.29. The topological polar surface area (TPSA) is 64.8 Å². The van der Waals surface area contributed by atoms with Gasteiger partial charge in [-0.05, 0) is 74.8 Å². The van der Waals surface area contributed by atoms with Gasteiger partial charge in [0.1, 0.15) is 0 Å². The van der Waals surface area contributed by atoms with Crippen LogP contribution >= 0.6 is 0 Å². The van der Waals surface area contributed by atoms with Crippen LogP contribution in [-0.4, -0.2) is 35.0 Å². The maximum Gasteiger partial charge on any atom is 0.227 e. The Kier molecular flexibility index (Phi) is 4.51. The van der Waals surface area contributed by atoms with Gasteiger partial charge in [0.2, 0.25) is 5.95 Å². The molecule has 4 rings (SSSR count). The summed E-state index contributed by atoms with van der Waals surface area (Å²) >= 11 is 0. The number of hydrogen-bond donors (Lipinski definition) is 1. The summed E-state index contributed by atoms with van der Waals surface area (Å²) in [4.78, 5) is 11.3. The predicted molar refractivity (Wildman–Crippen MR) is 103 cm³/mol. The second-order valence-corrected chi connectivity index (χ2v) is 6.91. The zero-order valence-corrected chi connectivity index (χ0v) is 14.8. The summed E-state index contributed by atoms with van der Waals surface area (Å²) in [6, 6.07) is 16.1. The Bertz CT molecular complexity index is 968. The number of rotatable bonds is 3. The number of likely N-dealkylation sites (tertiary alicyclic amines) is 1. The molecule has 1 saturated heterocycles. The molecule has 2 aromatic carbocycles. The van der Waals surface area contributed by atoms with Gasteiger partial charge in [-0.15, -0.1) is 0 Å². The lowest BCUT2D eigenvalue weighted by molar-refractivity contribution is 0.255. The maximum absolute atomic E-state index is 8.99. The number of anilines is 2. The monoisotopic (exact) mass is 343 g/mol. The minimum absolute atomic E-state index is 0.572. The number of piperidine rings is 1. The highest BCUT2D eigenvalue weighted by molar-refractivity contribution is 5.80. The Morgan fingerprint density at radius 1 is 1.15 bits per heavy atom. The first-order valence-corrected chi connectivity index (χ1v) is 8.94. The van der Waals surface area contributed by atoms with Gasteiger partial charge in [0, 0.05) is 17.3 Å². The van der Waals surface area contributed by atoms with Crippen LogP contribution in [-0.2, 0) is 0 Å². The Balaban J connectivity index is 1.54. The summed E-state index contributed by atoms with van der Waals surface area (Å²) in [6.07, 6.45) is 4.16. The fourth-order valence-corrected chi connectivity index (χ4v) is 3.50. The number of nitriles is 1. The van der Waals surface area contributed by atoms with Gasteiger partial charge in [-0.1, -0.05) is 12.1 Å². The third-order valence-corrected chi connectivity index (χ3v) is 5.04. The molecule has 1 aliphatic heterocycles. The molecule has 1 N–H and O–H groups in total. The van der Waals surface area contributed by atoms with E-state index in [2.05, 4.69) is 51.5 Å². The fourth-order valence-electron chi connectivity index (χ4n) is 3.50. The van der Waals surface area contributed by atoms with Crippen molar-refractivity contribution in [3.63, 3.8) is 0 Å². The van der Waals surface area contributed by atoms with Crippen LogP contribution in [0.25, 0.3) is 10.9 Å². The number of hydrogen-bond acceptors (Lipinski definition) is 5. The molecule has 0 spiro atoms. The molecule has 0 bridgehead atoms. The van der Waals surface area contributed by atoms with Crippen molar-refractivity contribution < 1.29 is 0 Å². The van der Waals surface area contributed by atoms with Gasteiger partial charge in [0.05, 0.1) is 17.1 Å². The van der Waals surface area contributed by atoms with Crippen LogP contribution in [0, 0.1) is 11.3 Å². The first kappa shape index (κ1) is 16.5. The van der Waals surface area contributed by atoms with E-state index >= 15 is 0 Å². The second kappa shape index (κ2) is 7.11. The first-order valence-electron chi connectivity index (χ1n) is 8.94. The van der Waals surface area contributed by atoms with Crippen molar-refractivity contribution in [2.45, 2.75) is 18.8 Å². The van der Waals surface area contributed by atoms with Crippen LogP contribution in [0.1, 0.15) is 29.9 Å². The van der Waals surface area contributed by atoms with Crippen LogP contribution in [0.2, 0.25) is 0 Å². The lowest BCUT2D eigenvalue weighted by atomic mass is 9.89. The number of fused-ring (bicyclic) bond motifs is 1. The quantitative estimate of drug-likeness (QED) is 0.777. The SMILES string of the molecule is CN1CCC(c2cccc(Nc3ncc4cc(C#N)ccc4n3)c2)CC1. The third-order valence-electron chi connectivity index (χ3n) is 5.04. The van der Waals surface area contributed by atoms with Gasteiger partial charge in [0.25, 0.3) is 0 Å². The van der Waals surface area contributed by atoms with Crippen LogP contribution in [0.4, 0.5) is 11.6 Å². The smallest absolute Gasteiger partial charge is 0.227 e. The normalized spacial score (nSPS) is 15.7. The average Bonchev–Trinajstić information content (AvgIpc) is 2.68. The molecule has 2 heterocycles. The maximum atomic E-state index is 8.99. The van der Waals surface area contributed by atoms with Gasteiger partial charge >= 0.3 is 0 Å². The van der Waals surface area contributed by atoms with Crippen molar-refractivity contribution in [2.24, 2.45) is 0 Å². The van der Waals surface area contributed by atoms with Crippen LogP contribution in [0.3, 0.4) is 0 Å². The van der Waals surface area contributed by atoms with Crippen molar-refractivity contribution >= 4 is 22.5 Å². The van der Waals surface area contributed by atoms with E-state index in [1.807, 2.05) is 12.1 Å². The summed E-state index contributed by atoms with van der Waals surface area (Å²) in [6.45, 7) is 2.31. The molecule has 5 nitrogen and oxygen atoms in total. The van der Waals surface area contributed by atoms with E-state index in [1.54, 1.807) is 18.3 Å². The highest BCUT2D eigenvalue weighted by atomic mass is 15.1. The van der Waals surface area contributed by atoms with E-state index < -0.39 is 0 Å². The van der Waals surface area contributed by atoms with Crippen LogP contribution in [0.5, 0.6) is 0 Å². The van der Waals surface area contributed by atoms with E-state index in [4.69, 9.17) is 5.26 Å². The Hall–Kier alpha value is -2.97. The van der Waals surface area contributed by atoms with Gasteiger partial charge in [0.15, 0.2) is 0 Å². The summed E-state index contributed by atoms with van der Waals surface area (Å²) in [5.74, 6) is 1.19. The van der Waals surface area contributed by atoms with Crippen LogP contribution < -0.4 is 5.32 Å². The molecule has 0 unspecified atom stereocenters. The van der Waals surface area contributed by atoms with Gasteiger partial charge in [-0.25, -0.2) is 9.97 Å².